The predicted octanol–water partition coefficient (Wildman–Crippen LogP) is 3.26. The molecule has 1 fully saturated rings. The Morgan fingerprint density at radius 2 is 1.87 bits per heavy atom. The number of piperidine rings is 1. The average molecular weight is 374 g/mol. The molecule has 0 unspecified atom stereocenters. The maximum absolute atomic E-state index is 12.6. The zero-order chi connectivity index (χ0) is 16.8. The summed E-state index contributed by atoms with van der Waals surface area (Å²) in [5, 5.41) is 20.7. The standard InChI is InChI=1S/C15H13Cl2NO4S/c16-8-1-2-9-10(7-8)23-12(11(9)17)13(19)18-5-3-15(22,4-6-18)14(20)21/h1-2,7,22H,3-6H2,(H,20,21). The van der Waals surface area contributed by atoms with E-state index in [4.69, 9.17) is 28.3 Å². The highest BCUT2D eigenvalue weighted by Gasteiger charge is 2.41. The number of likely N-dealkylation sites (tertiary alicyclic amines) is 1. The maximum Gasteiger partial charge on any atom is 0.335 e. The highest BCUT2D eigenvalue weighted by Crippen LogP contribution is 2.38. The normalized spacial score (nSPS) is 17.4. The number of thiophene rings is 1. The van der Waals surface area contributed by atoms with Crippen LogP contribution in [0.5, 0.6) is 0 Å². The quantitative estimate of drug-likeness (QED) is 0.846. The minimum atomic E-state index is -1.76. The van der Waals surface area contributed by atoms with E-state index in [-0.39, 0.29) is 31.8 Å². The van der Waals surface area contributed by atoms with Gasteiger partial charge in [-0.1, -0.05) is 29.3 Å². The highest BCUT2D eigenvalue weighted by atomic mass is 35.5. The lowest BCUT2D eigenvalue weighted by Crippen LogP contribution is -2.50. The van der Waals surface area contributed by atoms with E-state index in [9.17, 15) is 14.7 Å². The van der Waals surface area contributed by atoms with Crippen LogP contribution >= 0.6 is 34.5 Å². The molecule has 1 aromatic carbocycles. The summed E-state index contributed by atoms with van der Waals surface area (Å²) >= 11 is 13.5. The highest BCUT2D eigenvalue weighted by molar-refractivity contribution is 7.21. The second-order valence-electron chi connectivity index (χ2n) is 5.51. The molecule has 0 aliphatic carbocycles. The second-order valence-corrected chi connectivity index (χ2v) is 7.38. The van der Waals surface area contributed by atoms with Crippen LogP contribution in [0.15, 0.2) is 18.2 Å². The van der Waals surface area contributed by atoms with E-state index in [0.29, 0.717) is 14.9 Å². The summed E-state index contributed by atoms with van der Waals surface area (Å²) in [7, 11) is 0. The molecular weight excluding hydrogens is 361 g/mol. The number of rotatable bonds is 2. The van der Waals surface area contributed by atoms with E-state index in [0.717, 1.165) is 10.1 Å². The third-order valence-corrected chi connectivity index (χ3v) is 5.94. The zero-order valence-corrected chi connectivity index (χ0v) is 14.2. The minimum absolute atomic E-state index is 0.00240. The monoisotopic (exact) mass is 373 g/mol. The van der Waals surface area contributed by atoms with Crippen LogP contribution in [0.4, 0.5) is 0 Å². The van der Waals surface area contributed by atoms with Gasteiger partial charge in [0.2, 0.25) is 0 Å². The first-order valence-corrected chi connectivity index (χ1v) is 8.52. The van der Waals surface area contributed by atoms with E-state index in [1.807, 2.05) is 0 Å². The summed E-state index contributed by atoms with van der Waals surface area (Å²) in [6, 6.07) is 5.24. The van der Waals surface area contributed by atoms with Crippen LogP contribution in [-0.4, -0.2) is 45.7 Å². The van der Waals surface area contributed by atoms with E-state index in [1.165, 1.54) is 16.2 Å². The van der Waals surface area contributed by atoms with Gasteiger partial charge in [0.1, 0.15) is 4.88 Å². The summed E-state index contributed by atoms with van der Waals surface area (Å²) in [5.41, 5.74) is -1.76. The van der Waals surface area contributed by atoms with Gasteiger partial charge in [-0.15, -0.1) is 11.3 Å². The fraction of sp³-hybridized carbons (Fsp3) is 0.333. The Labute approximate surface area is 146 Å². The van der Waals surface area contributed by atoms with Crippen LogP contribution in [0.25, 0.3) is 10.1 Å². The van der Waals surface area contributed by atoms with E-state index in [2.05, 4.69) is 0 Å². The second kappa shape index (κ2) is 5.94. The number of hydrogen-bond acceptors (Lipinski definition) is 4. The fourth-order valence-corrected chi connectivity index (χ4v) is 4.37. The molecule has 5 nitrogen and oxygen atoms in total. The molecule has 0 bridgehead atoms. The van der Waals surface area contributed by atoms with Gasteiger partial charge in [0.25, 0.3) is 5.91 Å². The number of carbonyl (C=O) groups is 2. The first-order chi connectivity index (χ1) is 10.8. The molecule has 122 valence electrons. The van der Waals surface area contributed by atoms with Crippen molar-refractivity contribution in [3.63, 3.8) is 0 Å². The molecule has 2 aromatic rings. The third-order valence-electron chi connectivity index (χ3n) is 4.06. The molecule has 1 aromatic heterocycles. The SMILES string of the molecule is O=C(c1sc2cc(Cl)ccc2c1Cl)N1CCC(O)(C(=O)O)CC1. The maximum atomic E-state index is 12.6. The van der Waals surface area contributed by atoms with E-state index in [1.54, 1.807) is 18.2 Å². The zero-order valence-electron chi connectivity index (χ0n) is 11.9. The number of halogens is 2. The van der Waals surface area contributed by atoms with Gasteiger partial charge < -0.3 is 15.1 Å². The van der Waals surface area contributed by atoms with Gasteiger partial charge in [-0.2, -0.15) is 0 Å². The van der Waals surface area contributed by atoms with Crippen LogP contribution in [-0.2, 0) is 4.79 Å². The van der Waals surface area contributed by atoms with Crippen molar-refractivity contribution >= 4 is 56.5 Å². The fourth-order valence-electron chi connectivity index (χ4n) is 2.61. The average Bonchev–Trinajstić information content (AvgIpc) is 2.83. The van der Waals surface area contributed by atoms with Crippen LogP contribution in [0, 0.1) is 0 Å². The van der Waals surface area contributed by atoms with E-state index < -0.39 is 11.6 Å². The number of fused-ring (bicyclic) bond motifs is 1. The van der Waals surface area contributed by atoms with Crippen molar-refractivity contribution in [2.24, 2.45) is 0 Å². The molecule has 1 aliphatic rings. The lowest BCUT2D eigenvalue weighted by atomic mass is 9.91. The Bertz CT molecular complexity index is 796. The Hall–Kier alpha value is -1.34. The molecule has 0 spiro atoms. The Morgan fingerprint density at radius 3 is 2.48 bits per heavy atom. The summed E-state index contributed by atoms with van der Waals surface area (Å²) in [6.45, 7) is 0.347. The number of amides is 1. The molecule has 23 heavy (non-hydrogen) atoms. The van der Waals surface area contributed by atoms with Crippen molar-refractivity contribution in [2.75, 3.05) is 13.1 Å². The number of hydrogen-bond donors (Lipinski definition) is 2. The first kappa shape index (κ1) is 16.5. The van der Waals surface area contributed by atoms with Gasteiger partial charge in [-0.3, -0.25) is 4.79 Å². The molecule has 1 amide bonds. The van der Waals surface area contributed by atoms with Gasteiger partial charge in [0.15, 0.2) is 5.60 Å². The lowest BCUT2D eigenvalue weighted by Gasteiger charge is -2.35. The summed E-state index contributed by atoms with van der Waals surface area (Å²) in [6.07, 6.45) is 0.00479. The van der Waals surface area contributed by atoms with Crippen molar-refractivity contribution in [1.29, 1.82) is 0 Å². The molecule has 1 saturated heterocycles. The number of nitrogens with zero attached hydrogens (tertiary/aromatic N) is 1. The lowest BCUT2D eigenvalue weighted by molar-refractivity contribution is -0.162. The largest absolute Gasteiger partial charge is 0.479 e. The predicted molar refractivity (Wildman–Crippen MR) is 89.6 cm³/mol. The number of aliphatic carboxylic acids is 1. The van der Waals surface area contributed by atoms with E-state index >= 15 is 0 Å². The number of carbonyl (C=O) groups excluding carboxylic acids is 1. The molecule has 0 radical (unpaired) electrons. The molecule has 3 rings (SSSR count). The van der Waals surface area contributed by atoms with Crippen molar-refractivity contribution in [3.8, 4) is 0 Å². The molecule has 2 N–H and O–H groups in total. The van der Waals surface area contributed by atoms with Gasteiger partial charge in [-0.25, -0.2) is 4.79 Å². The van der Waals surface area contributed by atoms with Gasteiger partial charge in [0.05, 0.1) is 5.02 Å². The van der Waals surface area contributed by atoms with Crippen LogP contribution < -0.4 is 0 Å². The van der Waals surface area contributed by atoms with Crippen LogP contribution in [0.1, 0.15) is 22.5 Å². The molecule has 8 heteroatoms. The number of carboxylic acids is 1. The molecule has 0 atom stereocenters. The Balaban J connectivity index is 1.85. The molecule has 2 heterocycles. The van der Waals surface area contributed by atoms with Gasteiger partial charge in [-0.05, 0) is 12.1 Å². The Kier molecular flexibility index (Phi) is 4.27. The molecule has 0 saturated carbocycles. The van der Waals surface area contributed by atoms with Crippen molar-refractivity contribution in [2.45, 2.75) is 18.4 Å². The van der Waals surface area contributed by atoms with Crippen molar-refractivity contribution in [1.82, 2.24) is 4.90 Å². The number of carboxylic acid groups (broad SMARTS) is 1. The summed E-state index contributed by atoms with van der Waals surface area (Å²) in [4.78, 5) is 25.6. The van der Waals surface area contributed by atoms with Crippen molar-refractivity contribution < 1.29 is 19.8 Å². The molecular formula is C15H13Cl2NO4S. The third kappa shape index (κ3) is 2.92. The Morgan fingerprint density at radius 1 is 1.22 bits per heavy atom. The van der Waals surface area contributed by atoms with Gasteiger partial charge >= 0.3 is 5.97 Å². The topological polar surface area (TPSA) is 77.8 Å². The number of benzene rings is 1. The first-order valence-electron chi connectivity index (χ1n) is 6.94. The van der Waals surface area contributed by atoms with Crippen LogP contribution in [0.2, 0.25) is 10.0 Å². The smallest absolute Gasteiger partial charge is 0.335 e. The minimum Gasteiger partial charge on any atom is -0.479 e. The molecule has 1 aliphatic heterocycles. The summed E-state index contributed by atoms with van der Waals surface area (Å²) in [5.74, 6) is -1.50. The van der Waals surface area contributed by atoms with Crippen LogP contribution in [0.3, 0.4) is 0 Å². The summed E-state index contributed by atoms with van der Waals surface area (Å²) < 4.78 is 0.824. The van der Waals surface area contributed by atoms with Crippen molar-refractivity contribution in [3.05, 3.63) is 33.1 Å². The van der Waals surface area contributed by atoms with Gasteiger partial charge in [0, 0.05) is 41.0 Å². The number of aliphatic hydroxyl groups is 1.